The Labute approximate surface area is 211 Å². The normalized spacial score (nSPS) is 15.7. The van der Waals surface area contributed by atoms with E-state index in [4.69, 9.17) is 14.2 Å². The zero-order valence-electron chi connectivity index (χ0n) is 21.7. The number of hydrogen-bond donors (Lipinski definition) is 2. The number of aryl methyl sites for hydroxylation is 1. The first-order valence-electron chi connectivity index (χ1n) is 11.9. The van der Waals surface area contributed by atoms with Crippen LogP contribution in [0, 0.1) is 17.0 Å². The maximum absolute atomic E-state index is 12.3. The minimum Gasteiger partial charge on any atom is -0.497 e. The van der Waals surface area contributed by atoms with Crippen LogP contribution in [0.15, 0.2) is 24.3 Å². The highest BCUT2D eigenvalue weighted by atomic mass is 16.6. The number of nitro groups is 1. The topological polar surface area (TPSA) is 128 Å². The van der Waals surface area contributed by atoms with Gasteiger partial charge in [0.2, 0.25) is 5.82 Å². The first-order chi connectivity index (χ1) is 17.0. The molecule has 1 amide bonds. The van der Waals surface area contributed by atoms with Gasteiger partial charge < -0.3 is 29.7 Å². The second-order valence-electron chi connectivity index (χ2n) is 9.70. The Morgan fingerprint density at radius 1 is 1.25 bits per heavy atom. The number of carbonyl (C=O) groups excluding carboxylic acids is 1. The zero-order chi connectivity index (χ0) is 26.5. The lowest BCUT2D eigenvalue weighted by Gasteiger charge is -2.35. The van der Waals surface area contributed by atoms with E-state index >= 15 is 0 Å². The Bertz CT molecular complexity index is 1100. The molecule has 11 nitrogen and oxygen atoms in total. The fraction of sp³-hybridized carbons (Fsp3) is 0.520. The minimum absolute atomic E-state index is 0.106. The lowest BCUT2D eigenvalue weighted by Crippen LogP contribution is -2.49. The van der Waals surface area contributed by atoms with Crippen LogP contribution in [-0.4, -0.2) is 55.0 Å². The molecule has 1 atom stereocenters. The molecular weight excluding hydrogens is 466 g/mol. The molecule has 196 valence electrons. The number of anilines is 2. The van der Waals surface area contributed by atoms with Crippen LogP contribution in [0.5, 0.6) is 11.5 Å². The molecule has 1 aromatic carbocycles. The van der Waals surface area contributed by atoms with Crippen LogP contribution in [0.4, 0.5) is 22.0 Å². The van der Waals surface area contributed by atoms with E-state index in [1.54, 1.807) is 60.1 Å². The number of aromatic nitrogens is 1. The Hall–Kier alpha value is -3.76. The molecule has 1 aliphatic rings. The summed E-state index contributed by atoms with van der Waals surface area (Å²) < 4.78 is 16.1. The molecule has 0 radical (unpaired) electrons. The van der Waals surface area contributed by atoms with Crippen LogP contribution in [0.3, 0.4) is 0 Å². The molecule has 1 fully saturated rings. The number of amides is 1. The Morgan fingerprint density at radius 3 is 2.64 bits per heavy atom. The number of nitrogens with one attached hydrogen (secondary N) is 2. The number of carbonyl (C=O) groups is 1. The van der Waals surface area contributed by atoms with E-state index in [9.17, 15) is 14.9 Å². The van der Waals surface area contributed by atoms with Gasteiger partial charge in [0.25, 0.3) is 0 Å². The van der Waals surface area contributed by atoms with Gasteiger partial charge in [-0.15, -0.1) is 0 Å². The van der Waals surface area contributed by atoms with Crippen molar-refractivity contribution in [3.05, 3.63) is 45.6 Å². The van der Waals surface area contributed by atoms with Crippen LogP contribution in [0.25, 0.3) is 0 Å². The molecule has 2 heterocycles. The van der Waals surface area contributed by atoms with Crippen LogP contribution >= 0.6 is 0 Å². The summed E-state index contributed by atoms with van der Waals surface area (Å²) in [5.74, 6) is 1.43. The molecule has 2 N–H and O–H groups in total. The van der Waals surface area contributed by atoms with Gasteiger partial charge in [-0.1, -0.05) is 0 Å². The number of nitrogens with zero attached hydrogens (tertiary/aromatic N) is 3. The Morgan fingerprint density at radius 2 is 2.00 bits per heavy atom. The number of methoxy groups -OCH3 is 2. The van der Waals surface area contributed by atoms with E-state index in [0.29, 0.717) is 36.0 Å². The van der Waals surface area contributed by atoms with Crippen molar-refractivity contribution in [3.63, 3.8) is 0 Å². The van der Waals surface area contributed by atoms with Gasteiger partial charge in [-0.25, -0.2) is 9.78 Å². The first kappa shape index (κ1) is 26.8. The van der Waals surface area contributed by atoms with Gasteiger partial charge in [0.05, 0.1) is 19.1 Å². The minimum atomic E-state index is -0.605. The van der Waals surface area contributed by atoms with Crippen molar-refractivity contribution in [1.29, 1.82) is 0 Å². The van der Waals surface area contributed by atoms with Gasteiger partial charge >= 0.3 is 11.8 Å². The van der Waals surface area contributed by atoms with Crippen molar-refractivity contribution >= 4 is 23.3 Å². The monoisotopic (exact) mass is 501 g/mol. The first-order valence-corrected chi connectivity index (χ1v) is 11.9. The molecule has 2 aromatic rings. The molecule has 1 aromatic heterocycles. The van der Waals surface area contributed by atoms with Crippen LogP contribution in [0.1, 0.15) is 44.9 Å². The average molecular weight is 502 g/mol. The summed E-state index contributed by atoms with van der Waals surface area (Å²) in [7, 11) is 3.13. The summed E-state index contributed by atoms with van der Waals surface area (Å²) in [6.07, 6.45) is 1.03. The second kappa shape index (κ2) is 11.3. The van der Waals surface area contributed by atoms with E-state index in [1.807, 2.05) is 11.0 Å². The summed E-state index contributed by atoms with van der Waals surface area (Å²) in [6, 6.07) is 6.92. The maximum atomic E-state index is 12.3. The van der Waals surface area contributed by atoms with Crippen LogP contribution < -0.4 is 25.0 Å². The molecule has 0 spiro atoms. The molecule has 0 unspecified atom stereocenters. The molecule has 3 rings (SSSR count). The number of piperidine rings is 1. The Balaban J connectivity index is 1.83. The quantitative estimate of drug-likeness (QED) is 0.399. The van der Waals surface area contributed by atoms with Gasteiger partial charge in [0.15, 0.2) is 0 Å². The summed E-state index contributed by atoms with van der Waals surface area (Å²) in [6.45, 7) is 8.54. The van der Waals surface area contributed by atoms with Gasteiger partial charge in [-0.05, 0) is 58.7 Å². The number of rotatable bonds is 8. The average Bonchev–Trinajstić information content (AvgIpc) is 2.80. The summed E-state index contributed by atoms with van der Waals surface area (Å²) in [4.78, 5) is 30.4. The standard InChI is InChI=1S/C25H35N5O6/c1-16-12-20(29-11-7-8-18(15-29)28-24(31)36-25(2,3)4)22(30(32)33)23(27-16)26-14-17-9-10-19(34-5)13-21(17)35-6/h9-10,12-13,18H,7-8,11,14-15H2,1-6H3,(H,26,27)(H,28,31)/t18-/m1/s1. The van der Waals surface area contributed by atoms with Gasteiger partial charge in [-0.3, -0.25) is 10.1 Å². The van der Waals surface area contributed by atoms with E-state index in [1.165, 1.54) is 0 Å². The van der Waals surface area contributed by atoms with E-state index in [-0.39, 0.29) is 24.1 Å². The van der Waals surface area contributed by atoms with Crippen molar-refractivity contribution in [1.82, 2.24) is 10.3 Å². The lowest BCUT2D eigenvalue weighted by molar-refractivity contribution is -0.383. The predicted molar refractivity (Wildman–Crippen MR) is 137 cm³/mol. The third-order valence-corrected chi connectivity index (χ3v) is 5.71. The molecule has 0 saturated carbocycles. The largest absolute Gasteiger partial charge is 0.497 e. The summed E-state index contributed by atoms with van der Waals surface area (Å²) >= 11 is 0. The number of ether oxygens (including phenoxy) is 3. The highest BCUT2D eigenvalue weighted by Crippen LogP contribution is 2.37. The Kier molecular flexibility index (Phi) is 8.44. The van der Waals surface area contributed by atoms with Crippen molar-refractivity contribution in [2.45, 2.75) is 58.7 Å². The fourth-order valence-electron chi connectivity index (χ4n) is 4.16. The number of benzene rings is 1. The van der Waals surface area contributed by atoms with E-state index in [2.05, 4.69) is 15.6 Å². The molecule has 11 heteroatoms. The van der Waals surface area contributed by atoms with Gasteiger partial charge in [0, 0.05) is 43.0 Å². The molecule has 1 aliphatic heterocycles. The number of pyridine rings is 1. The zero-order valence-corrected chi connectivity index (χ0v) is 21.7. The van der Waals surface area contributed by atoms with Crippen molar-refractivity contribution in [2.75, 3.05) is 37.5 Å². The van der Waals surface area contributed by atoms with Gasteiger partial charge in [-0.2, -0.15) is 0 Å². The third kappa shape index (κ3) is 6.89. The highest BCUT2D eigenvalue weighted by molar-refractivity contribution is 5.75. The molecule has 1 saturated heterocycles. The fourth-order valence-corrected chi connectivity index (χ4v) is 4.16. The number of hydrogen-bond acceptors (Lipinski definition) is 9. The van der Waals surface area contributed by atoms with E-state index in [0.717, 1.165) is 18.4 Å². The third-order valence-electron chi connectivity index (χ3n) is 5.71. The molecule has 0 bridgehead atoms. The highest BCUT2D eigenvalue weighted by Gasteiger charge is 2.31. The van der Waals surface area contributed by atoms with Crippen molar-refractivity contribution in [2.24, 2.45) is 0 Å². The van der Waals surface area contributed by atoms with E-state index < -0.39 is 16.6 Å². The van der Waals surface area contributed by atoms with Crippen LogP contribution in [0.2, 0.25) is 0 Å². The van der Waals surface area contributed by atoms with Crippen molar-refractivity contribution in [3.8, 4) is 11.5 Å². The number of alkyl carbamates (subject to hydrolysis) is 1. The lowest BCUT2D eigenvalue weighted by atomic mass is 10.0. The SMILES string of the molecule is COc1ccc(CNc2nc(C)cc(N3CCC[C@@H](NC(=O)OC(C)(C)C)C3)c2[N+](=O)[O-])c(OC)c1. The second-order valence-corrected chi connectivity index (χ2v) is 9.70. The molecular formula is C25H35N5O6. The smallest absolute Gasteiger partial charge is 0.407 e. The van der Waals surface area contributed by atoms with Gasteiger partial charge in [0.1, 0.15) is 22.8 Å². The maximum Gasteiger partial charge on any atom is 0.407 e. The molecule has 0 aliphatic carbocycles. The summed E-state index contributed by atoms with van der Waals surface area (Å²) in [5, 5.41) is 18.2. The predicted octanol–water partition coefficient (Wildman–Crippen LogP) is 4.42. The van der Waals surface area contributed by atoms with Crippen LogP contribution in [-0.2, 0) is 11.3 Å². The van der Waals surface area contributed by atoms with Crippen molar-refractivity contribution < 1.29 is 23.9 Å². The molecule has 36 heavy (non-hydrogen) atoms. The summed E-state index contributed by atoms with van der Waals surface area (Å²) in [5.41, 5.74) is 1.20.